The highest BCUT2D eigenvalue weighted by molar-refractivity contribution is 5.71. The maximum absolute atomic E-state index is 11.3. The first kappa shape index (κ1) is 12.0. The summed E-state index contributed by atoms with van der Waals surface area (Å²) >= 11 is 0. The summed E-state index contributed by atoms with van der Waals surface area (Å²) in [4.78, 5) is 13.5. The summed E-state index contributed by atoms with van der Waals surface area (Å²) in [7, 11) is 2.08. The van der Waals surface area contributed by atoms with E-state index in [4.69, 9.17) is 11.2 Å². The van der Waals surface area contributed by atoms with Crippen LogP contribution in [0.25, 0.3) is 0 Å². The standard InChI is InChI=1S/C11H18N2O2/c1-3-6-12-9-11(14)15-10-4-7-13(2)8-5-10/h1,10,12H,4-9H2,2H3. The largest absolute Gasteiger partial charge is 0.461 e. The van der Waals surface area contributed by atoms with Crippen LogP contribution in [0.2, 0.25) is 0 Å². The number of rotatable bonds is 4. The van der Waals surface area contributed by atoms with Crippen LogP contribution in [-0.2, 0) is 9.53 Å². The number of hydrogen-bond acceptors (Lipinski definition) is 4. The van der Waals surface area contributed by atoms with Crippen LogP contribution in [0.15, 0.2) is 0 Å². The van der Waals surface area contributed by atoms with Crippen LogP contribution in [0.3, 0.4) is 0 Å². The number of nitrogens with zero attached hydrogens (tertiary/aromatic N) is 1. The summed E-state index contributed by atoms with van der Waals surface area (Å²) in [6, 6.07) is 0. The van der Waals surface area contributed by atoms with E-state index >= 15 is 0 Å². The first-order chi connectivity index (χ1) is 7.22. The summed E-state index contributed by atoms with van der Waals surface area (Å²) in [5.74, 6) is 2.20. The summed E-state index contributed by atoms with van der Waals surface area (Å²) in [6.45, 7) is 2.60. The third-order valence-corrected chi connectivity index (χ3v) is 2.46. The molecule has 1 aliphatic heterocycles. The Morgan fingerprint density at radius 1 is 1.60 bits per heavy atom. The lowest BCUT2D eigenvalue weighted by atomic mass is 10.1. The van der Waals surface area contributed by atoms with E-state index in [9.17, 15) is 4.79 Å². The van der Waals surface area contributed by atoms with Gasteiger partial charge in [0.2, 0.25) is 0 Å². The van der Waals surface area contributed by atoms with Crippen molar-refractivity contribution in [3.63, 3.8) is 0 Å². The molecule has 0 bridgehead atoms. The van der Waals surface area contributed by atoms with Gasteiger partial charge in [0.15, 0.2) is 0 Å². The second-order valence-electron chi connectivity index (χ2n) is 3.80. The molecule has 1 N–H and O–H groups in total. The van der Waals surface area contributed by atoms with E-state index in [0.29, 0.717) is 6.54 Å². The van der Waals surface area contributed by atoms with Gasteiger partial charge in [-0.2, -0.15) is 0 Å². The molecule has 0 radical (unpaired) electrons. The first-order valence-corrected chi connectivity index (χ1v) is 5.24. The lowest BCUT2D eigenvalue weighted by molar-refractivity contribution is -0.149. The molecule has 1 heterocycles. The summed E-state index contributed by atoms with van der Waals surface area (Å²) in [5.41, 5.74) is 0. The summed E-state index contributed by atoms with van der Waals surface area (Å²) in [5, 5.41) is 2.81. The molecule has 0 aliphatic carbocycles. The minimum absolute atomic E-state index is 0.0846. The second-order valence-corrected chi connectivity index (χ2v) is 3.80. The van der Waals surface area contributed by atoms with E-state index in [-0.39, 0.29) is 18.6 Å². The quantitative estimate of drug-likeness (QED) is 0.398. The van der Waals surface area contributed by atoms with Gasteiger partial charge < -0.3 is 9.64 Å². The van der Waals surface area contributed by atoms with Gasteiger partial charge in [0.05, 0.1) is 13.1 Å². The van der Waals surface area contributed by atoms with Gasteiger partial charge in [-0.25, -0.2) is 0 Å². The topological polar surface area (TPSA) is 41.6 Å². The van der Waals surface area contributed by atoms with E-state index in [1.165, 1.54) is 0 Å². The molecule has 0 aromatic heterocycles. The second kappa shape index (κ2) is 6.44. The average Bonchev–Trinajstić information content (AvgIpc) is 2.22. The smallest absolute Gasteiger partial charge is 0.320 e. The van der Waals surface area contributed by atoms with Crippen LogP contribution < -0.4 is 5.32 Å². The monoisotopic (exact) mass is 210 g/mol. The van der Waals surface area contributed by atoms with Crippen LogP contribution in [-0.4, -0.2) is 50.2 Å². The van der Waals surface area contributed by atoms with Crippen molar-refractivity contribution < 1.29 is 9.53 Å². The molecule has 1 rings (SSSR count). The number of esters is 1. The van der Waals surface area contributed by atoms with Gasteiger partial charge in [0.25, 0.3) is 0 Å². The number of nitrogens with one attached hydrogen (secondary N) is 1. The molecular weight excluding hydrogens is 192 g/mol. The van der Waals surface area contributed by atoms with Crippen molar-refractivity contribution in [1.82, 2.24) is 10.2 Å². The third kappa shape index (κ3) is 4.82. The zero-order chi connectivity index (χ0) is 11.1. The maximum Gasteiger partial charge on any atom is 0.320 e. The number of carbonyl (C=O) groups excluding carboxylic acids is 1. The number of hydrogen-bond donors (Lipinski definition) is 1. The van der Waals surface area contributed by atoms with E-state index in [1.54, 1.807) is 0 Å². The van der Waals surface area contributed by atoms with Crippen LogP contribution >= 0.6 is 0 Å². The van der Waals surface area contributed by atoms with Gasteiger partial charge in [-0.3, -0.25) is 10.1 Å². The van der Waals surface area contributed by atoms with E-state index in [1.807, 2.05) is 0 Å². The first-order valence-electron chi connectivity index (χ1n) is 5.24. The molecule has 1 saturated heterocycles. The van der Waals surface area contributed by atoms with Gasteiger partial charge in [-0.15, -0.1) is 6.42 Å². The van der Waals surface area contributed by atoms with Crippen molar-refractivity contribution in [2.75, 3.05) is 33.2 Å². The van der Waals surface area contributed by atoms with Gasteiger partial charge in [-0.1, -0.05) is 5.92 Å². The van der Waals surface area contributed by atoms with Gasteiger partial charge in [0, 0.05) is 13.1 Å². The molecule has 1 aliphatic rings. The zero-order valence-electron chi connectivity index (χ0n) is 9.16. The fourth-order valence-electron chi connectivity index (χ4n) is 1.57. The Balaban J connectivity index is 2.13. The molecule has 84 valence electrons. The summed E-state index contributed by atoms with van der Waals surface area (Å²) in [6.07, 6.45) is 6.98. The van der Waals surface area contributed by atoms with Crippen molar-refractivity contribution >= 4 is 5.97 Å². The van der Waals surface area contributed by atoms with Crippen LogP contribution in [0.1, 0.15) is 12.8 Å². The molecular formula is C11H18N2O2. The zero-order valence-corrected chi connectivity index (χ0v) is 9.16. The number of likely N-dealkylation sites (tertiary alicyclic amines) is 1. The lowest BCUT2D eigenvalue weighted by Gasteiger charge is -2.28. The minimum Gasteiger partial charge on any atom is -0.461 e. The molecule has 4 nitrogen and oxygen atoms in total. The predicted octanol–water partition coefficient (Wildman–Crippen LogP) is -0.153. The molecule has 0 amide bonds. The highest BCUT2D eigenvalue weighted by atomic mass is 16.5. The lowest BCUT2D eigenvalue weighted by Crippen LogP contribution is -2.37. The number of piperidine rings is 1. The van der Waals surface area contributed by atoms with Crippen molar-refractivity contribution in [3.8, 4) is 12.3 Å². The van der Waals surface area contributed by atoms with Crippen LogP contribution in [0.5, 0.6) is 0 Å². The highest BCUT2D eigenvalue weighted by Crippen LogP contribution is 2.11. The molecule has 0 aromatic rings. The van der Waals surface area contributed by atoms with Crippen LogP contribution in [0.4, 0.5) is 0 Å². The fraction of sp³-hybridized carbons (Fsp3) is 0.727. The normalized spacial score (nSPS) is 18.4. The Kier molecular flexibility index (Phi) is 5.16. The Morgan fingerprint density at radius 3 is 2.87 bits per heavy atom. The molecule has 0 unspecified atom stereocenters. The molecule has 0 spiro atoms. The highest BCUT2D eigenvalue weighted by Gasteiger charge is 2.19. The predicted molar refractivity (Wildman–Crippen MR) is 58.3 cm³/mol. The van der Waals surface area contributed by atoms with Crippen molar-refractivity contribution in [2.24, 2.45) is 0 Å². The van der Waals surface area contributed by atoms with Gasteiger partial charge >= 0.3 is 5.97 Å². The van der Waals surface area contributed by atoms with Crippen molar-refractivity contribution in [2.45, 2.75) is 18.9 Å². The Hall–Kier alpha value is -1.05. The molecule has 0 aromatic carbocycles. The number of carbonyl (C=O) groups is 1. The molecule has 4 heteroatoms. The van der Waals surface area contributed by atoms with Crippen molar-refractivity contribution in [3.05, 3.63) is 0 Å². The number of terminal acetylenes is 1. The average molecular weight is 210 g/mol. The molecule has 15 heavy (non-hydrogen) atoms. The van der Waals surface area contributed by atoms with Crippen molar-refractivity contribution in [1.29, 1.82) is 0 Å². The SMILES string of the molecule is C#CCNCC(=O)OC1CCN(C)CC1. The third-order valence-electron chi connectivity index (χ3n) is 2.46. The molecule has 1 fully saturated rings. The van der Waals surface area contributed by atoms with Gasteiger partial charge in [-0.05, 0) is 19.9 Å². The minimum atomic E-state index is -0.209. The number of ether oxygens (including phenoxy) is 1. The summed E-state index contributed by atoms with van der Waals surface area (Å²) < 4.78 is 5.29. The van der Waals surface area contributed by atoms with E-state index in [0.717, 1.165) is 25.9 Å². The van der Waals surface area contributed by atoms with E-state index < -0.39 is 0 Å². The fourth-order valence-corrected chi connectivity index (χ4v) is 1.57. The van der Waals surface area contributed by atoms with Crippen LogP contribution in [0, 0.1) is 12.3 Å². The van der Waals surface area contributed by atoms with E-state index in [2.05, 4.69) is 23.2 Å². The Morgan fingerprint density at radius 2 is 2.27 bits per heavy atom. The maximum atomic E-state index is 11.3. The Bertz CT molecular complexity index is 239. The van der Waals surface area contributed by atoms with Gasteiger partial charge in [0.1, 0.15) is 6.10 Å². The Labute approximate surface area is 91.0 Å². The molecule has 0 saturated carbocycles. The molecule has 0 atom stereocenters.